The number of aryl methyl sites for hydroxylation is 2. The second-order valence-corrected chi connectivity index (χ2v) is 7.07. The lowest BCUT2D eigenvalue weighted by Crippen LogP contribution is -2.37. The van der Waals surface area contributed by atoms with Gasteiger partial charge in [-0.3, -0.25) is 9.69 Å². The number of carbonyl (C=O) groups excluding carboxylic acids is 1. The Hall–Kier alpha value is -2.44. The Balaban J connectivity index is 1.76. The minimum absolute atomic E-state index is 0.0382. The van der Waals surface area contributed by atoms with Crippen LogP contribution in [0.1, 0.15) is 11.1 Å². The van der Waals surface area contributed by atoms with E-state index >= 15 is 0 Å². The fraction of sp³-hybridized carbons (Fsp3) is 0.300. The van der Waals surface area contributed by atoms with E-state index in [0.29, 0.717) is 18.3 Å². The molecule has 26 heavy (non-hydrogen) atoms. The SMILES string of the molecule is COCCN(C(=O)COc1ccc(C)cc1C)c1nc2ccccc2s1. The summed E-state index contributed by atoms with van der Waals surface area (Å²) < 4.78 is 12.0. The second-order valence-electron chi connectivity index (χ2n) is 6.06. The van der Waals surface area contributed by atoms with Crippen molar-refractivity contribution < 1.29 is 14.3 Å². The van der Waals surface area contributed by atoms with Gasteiger partial charge in [0.05, 0.1) is 23.4 Å². The van der Waals surface area contributed by atoms with Crippen LogP contribution in [0.3, 0.4) is 0 Å². The predicted molar refractivity (Wildman–Crippen MR) is 105 cm³/mol. The maximum Gasteiger partial charge on any atom is 0.266 e. The zero-order valence-electron chi connectivity index (χ0n) is 15.2. The Morgan fingerprint density at radius 2 is 2.00 bits per heavy atom. The molecule has 2 aromatic carbocycles. The first-order valence-electron chi connectivity index (χ1n) is 8.43. The van der Waals surface area contributed by atoms with Gasteiger partial charge in [-0.05, 0) is 37.6 Å². The van der Waals surface area contributed by atoms with Crippen LogP contribution in [0.4, 0.5) is 5.13 Å². The predicted octanol–water partition coefficient (Wildman–Crippen LogP) is 3.97. The normalized spacial score (nSPS) is 10.9. The Morgan fingerprint density at radius 3 is 2.73 bits per heavy atom. The highest BCUT2D eigenvalue weighted by molar-refractivity contribution is 7.22. The number of benzene rings is 2. The molecular weight excluding hydrogens is 348 g/mol. The third-order valence-corrected chi connectivity index (χ3v) is 5.07. The van der Waals surface area contributed by atoms with E-state index in [4.69, 9.17) is 9.47 Å². The topological polar surface area (TPSA) is 51.7 Å². The summed E-state index contributed by atoms with van der Waals surface area (Å²) in [6, 6.07) is 13.8. The van der Waals surface area contributed by atoms with Gasteiger partial charge in [-0.1, -0.05) is 41.2 Å². The average molecular weight is 370 g/mol. The minimum Gasteiger partial charge on any atom is -0.483 e. The highest BCUT2D eigenvalue weighted by Gasteiger charge is 2.20. The Morgan fingerprint density at radius 1 is 1.19 bits per heavy atom. The summed E-state index contributed by atoms with van der Waals surface area (Å²) in [5.41, 5.74) is 3.07. The van der Waals surface area contributed by atoms with E-state index in [1.54, 1.807) is 12.0 Å². The van der Waals surface area contributed by atoms with Gasteiger partial charge in [0.2, 0.25) is 0 Å². The van der Waals surface area contributed by atoms with Gasteiger partial charge in [-0.15, -0.1) is 0 Å². The number of aromatic nitrogens is 1. The van der Waals surface area contributed by atoms with Gasteiger partial charge >= 0.3 is 0 Å². The molecule has 0 N–H and O–H groups in total. The molecule has 0 fully saturated rings. The zero-order chi connectivity index (χ0) is 18.5. The van der Waals surface area contributed by atoms with Crippen molar-refractivity contribution in [2.24, 2.45) is 0 Å². The Kier molecular flexibility index (Phi) is 5.85. The molecule has 0 spiro atoms. The number of nitrogens with zero attached hydrogens (tertiary/aromatic N) is 2. The fourth-order valence-electron chi connectivity index (χ4n) is 2.66. The lowest BCUT2D eigenvalue weighted by atomic mass is 10.1. The number of methoxy groups -OCH3 is 1. The molecule has 0 aliphatic carbocycles. The molecule has 0 unspecified atom stereocenters. The van der Waals surface area contributed by atoms with Crippen molar-refractivity contribution in [1.29, 1.82) is 0 Å². The largest absolute Gasteiger partial charge is 0.483 e. The summed E-state index contributed by atoms with van der Waals surface area (Å²) in [6.07, 6.45) is 0. The number of fused-ring (bicyclic) bond motifs is 1. The Labute approximate surface area is 157 Å². The number of amides is 1. The number of anilines is 1. The highest BCUT2D eigenvalue weighted by atomic mass is 32.1. The fourth-order valence-corrected chi connectivity index (χ4v) is 3.67. The van der Waals surface area contributed by atoms with Gasteiger partial charge in [0.15, 0.2) is 11.7 Å². The lowest BCUT2D eigenvalue weighted by Gasteiger charge is -2.20. The van der Waals surface area contributed by atoms with Crippen molar-refractivity contribution in [3.63, 3.8) is 0 Å². The summed E-state index contributed by atoms with van der Waals surface area (Å²) in [5, 5.41) is 0.664. The molecule has 0 radical (unpaired) electrons. The third-order valence-electron chi connectivity index (χ3n) is 4.02. The summed E-state index contributed by atoms with van der Waals surface area (Å²) in [6.45, 7) is 4.84. The number of rotatable bonds is 7. The smallest absolute Gasteiger partial charge is 0.266 e. The maximum atomic E-state index is 12.8. The van der Waals surface area contributed by atoms with E-state index in [-0.39, 0.29) is 12.5 Å². The first-order chi connectivity index (χ1) is 12.6. The first-order valence-corrected chi connectivity index (χ1v) is 9.25. The molecule has 0 aliphatic heterocycles. The molecule has 6 heteroatoms. The first kappa shape index (κ1) is 18.4. The van der Waals surface area contributed by atoms with Gasteiger partial charge in [0.1, 0.15) is 5.75 Å². The van der Waals surface area contributed by atoms with Crippen LogP contribution in [0.25, 0.3) is 10.2 Å². The third kappa shape index (κ3) is 4.20. The molecule has 1 amide bonds. The van der Waals surface area contributed by atoms with E-state index in [9.17, 15) is 4.79 Å². The van der Waals surface area contributed by atoms with Gasteiger partial charge in [-0.2, -0.15) is 0 Å². The van der Waals surface area contributed by atoms with Crippen LogP contribution in [0.2, 0.25) is 0 Å². The van der Waals surface area contributed by atoms with Crippen molar-refractivity contribution in [3.05, 3.63) is 53.6 Å². The lowest BCUT2D eigenvalue weighted by molar-refractivity contribution is -0.120. The minimum atomic E-state index is -0.138. The van der Waals surface area contributed by atoms with E-state index in [2.05, 4.69) is 4.98 Å². The van der Waals surface area contributed by atoms with Crippen molar-refractivity contribution in [2.45, 2.75) is 13.8 Å². The monoisotopic (exact) mass is 370 g/mol. The van der Waals surface area contributed by atoms with Crippen LogP contribution in [0, 0.1) is 13.8 Å². The van der Waals surface area contributed by atoms with Crippen molar-refractivity contribution in [3.8, 4) is 5.75 Å². The average Bonchev–Trinajstić information content (AvgIpc) is 3.05. The molecule has 136 valence electrons. The van der Waals surface area contributed by atoms with E-state index < -0.39 is 0 Å². The number of hydrogen-bond acceptors (Lipinski definition) is 5. The summed E-state index contributed by atoms with van der Waals surface area (Å²) in [4.78, 5) is 19.0. The number of hydrogen-bond donors (Lipinski definition) is 0. The van der Waals surface area contributed by atoms with Gasteiger partial charge in [-0.25, -0.2) is 4.98 Å². The van der Waals surface area contributed by atoms with Crippen LogP contribution in [-0.4, -0.2) is 37.8 Å². The summed E-state index contributed by atoms with van der Waals surface area (Å²) >= 11 is 1.49. The number of thiazole rings is 1. The standard InChI is InChI=1S/C20H22N2O3S/c1-14-8-9-17(15(2)12-14)25-13-19(23)22(10-11-24-3)20-21-16-6-4-5-7-18(16)26-20/h4-9,12H,10-11,13H2,1-3H3. The number of ether oxygens (including phenoxy) is 2. The molecule has 5 nitrogen and oxygen atoms in total. The zero-order valence-corrected chi connectivity index (χ0v) is 16.0. The van der Waals surface area contributed by atoms with E-state index in [1.807, 2.05) is 56.3 Å². The Bertz CT molecular complexity index is 874. The molecule has 1 aromatic heterocycles. The van der Waals surface area contributed by atoms with Gasteiger partial charge in [0.25, 0.3) is 5.91 Å². The molecular formula is C20H22N2O3S. The quantitative estimate of drug-likeness (QED) is 0.631. The molecule has 0 saturated carbocycles. The highest BCUT2D eigenvalue weighted by Crippen LogP contribution is 2.28. The molecule has 3 aromatic rings. The van der Waals surface area contributed by atoms with Crippen LogP contribution in [0.5, 0.6) is 5.75 Å². The van der Waals surface area contributed by atoms with Crippen molar-refractivity contribution in [2.75, 3.05) is 31.8 Å². The molecule has 0 saturated heterocycles. The molecule has 0 atom stereocenters. The van der Waals surface area contributed by atoms with Crippen LogP contribution in [0.15, 0.2) is 42.5 Å². The number of para-hydroxylation sites is 1. The summed E-state index contributed by atoms with van der Waals surface area (Å²) in [7, 11) is 1.62. The van der Waals surface area contributed by atoms with Crippen molar-refractivity contribution >= 4 is 32.6 Å². The second kappa shape index (κ2) is 8.29. The molecule has 1 heterocycles. The molecule has 3 rings (SSSR count). The van der Waals surface area contributed by atoms with Crippen molar-refractivity contribution in [1.82, 2.24) is 4.98 Å². The van der Waals surface area contributed by atoms with Crippen LogP contribution >= 0.6 is 11.3 Å². The molecule has 0 bridgehead atoms. The van der Waals surface area contributed by atoms with E-state index in [1.165, 1.54) is 11.3 Å². The van der Waals surface area contributed by atoms with Crippen LogP contribution < -0.4 is 9.64 Å². The van der Waals surface area contributed by atoms with Gasteiger partial charge < -0.3 is 9.47 Å². The molecule has 0 aliphatic rings. The van der Waals surface area contributed by atoms with E-state index in [0.717, 1.165) is 27.1 Å². The maximum absolute atomic E-state index is 12.8. The van der Waals surface area contributed by atoms with Crippen LogP contribution in [-0.2, 0) is 9.53 Å². The van der Waals surface area contributed by atoms with Gasteiger partial charge in [0, 0.05) is 7.11 Å². The number of carbonyl (C=O) groups is 1. The summed E-state index contributed by atoms with van der Waals surface area (Å²) in [5.74, 6) is 0.584.